The molecule has 0 aromatic heterocycles. The summed E-state index contributed by atoms with van der Waals surface area (Å²) in [6, 6.07) is 0. The average molecular weight is 196 g/mol. The Labute approximate surface area is 88.1 Å². The largest absolute Gasteiger partial charge is 0.316 e. The van der Waals surface area contributed by atoms with E-state index in [-0.39, 0.29) is 0 Å². The van der Waals surface area contributed by atoms with Gasteiger partial charge in [0.05, 0.1) is 0 Å². The molecule has 2 aliphatic heterocycles. The Hall–Kier alpha value is -0.0800. The minimum atomic E-state index is 0.876. The molecule has 0 aromatic rings. The van der Waals surface area contributed by atoms with Gasteiger partial charge in [0.15, 0.2) is 0 Å². The van der Waals surface area contributed by atoms with Gasteiger partial charge in [-0.3, -0.25) is 0 Å². The highest BCUT2D eigenvalue weighted by Crippen LogP contribution is 2.25. The van der Waals surface area contributed by atoms with Crippen molar-refractivity contribution in [3.63, 3.8) is 0 Å². The van der Waals surface area contributed by atoms with Crippen LogP contribution in [0, 0.1) is 23.7 Å². The zero-order chi connectivity index (χ0) is 10.1. The van der Waals surface area contributed by atoms with Crippen molar-refractivity contribution in [2.75, 3.05) is 32.7 Å². The molecule has 0 spiro atoms. The molecule has 1 N–H and O–H groups in total. The molecule has 2 rings (SSSR count). The summed E-state index contributed by atoms with van der Waals surface area (Å²) in [5.41, 5.74) is 0. The molecular weight excluding hydrogens is 172 g/mol. The molecule has 2 saturated heterocycles. The number of hydrogen-bond donors (Lipinski definition) is 1. The molecule has 0 aliphatic carbocycles. The monoisotopic (exact) mass is 196 g/mol. The Balaban J connectivity index is 1.81. The van der Waals surface area contributed by atoms with Gasteiger partial charge in [-0.2, -0.15) is 0 Å². The van der Waals surface area contributed by atoms with Crippen LogP contribution in [0.1, 0.15) is 20.8 Å². The minimum absolute atomic E-state index is 0.876. The third-order valence-electron chi connectivity index (χ3n) is 4.23. The van der Waals surface area contributed by atoms with Gasteiger partial charge in [-0.05, 0) is 36.8 Å². The van der Waals surface area contributed by atoms with Crippen LogP contribution in [0.4, 0.5) is 0 Å². The Morgan fingerprint density at radius 3 is 2.14 bits per heavy atom. The van der Waals surface area contributed by atoms with Gasteiger partial charge in [0, 0.05) is 19.6 Å². The molecule has 0 bridgehead atoms. The fourth-order valence-electron chi connectivity index (χ4n) is 2.84. The van der Waals surface area contributed by atoms with Gasteiger partial charge in [0.2, 0.25) is 0 Å². The fourth-order valence-corrected chi connectivity index (χ4v) is 2.84. The molecule has 2 nitrogen and oxygen atoms in total. The van der Waals surface area contributed by atoms with E-state index in [1.165, 1.54) is 32.7 Å². The summed E-state index contributed by atoms with van der Waals surface area (Å²) in [5.74, 6) is 3.58. The lowest BCUT2D eigenvalue weighted by Crippen LogP contribution is -2.30. The maximum Gasteiger partial charge on any atom is 0.00251 e. The van der Waals surface area contributed by atoms with E-state index in [1.54, 1.807) is 0 Å². The summed E-state index contributed by atoms with van der Waals surface area (Å²) in [5, 5.41) is 3.49. The van der Waals surface area contributed by atoms with Gasteiger partial charge < -0.3 is 10.2 Å². The standard InChI is InChI=1S/C12H24N2/c1-9-4-13-5-12(9)8-14-6-10(2)11(3)7-14/h9-13H,4-8H2,1-3H3/t9-,10?,11?,12+/m1/s1. The van der Waals surface area contributed by atoms with Crippen LogP contribution in [-0.2, 0) is 0 Å². The Kier molecular flexibility index (Phi) is 3.13. The molecule has 82 valence electrons. The third kappa shape index (κ3) is 2.12. The molecule has 2 aliphatic rings. The van der Waals surface area contributed by atoms with Crippen LogP contribution < -0.4 is 5.32 Å². The van der Waals surface area contributed by atoms with Crippen molar-refractivity contribution in [3.8, 4) is 0 Å². The predicted molar refractivity (Wildman–Crippen MR) is 60.3 cm³/mol. The van der Waals surface area contributed by atoms with Gasteiger partial charge in [-0.1, -0.05) is 20.8 Å². The number of rotatable bonds is 2. The summed E-state index contributed by atoms with van der Waals surface area (Å²) in [6.07, 6.45) is 0. The van der Waals surface area contributed by atoms with E-state index >= 15 is 0 Å². The van der Waals surface area contributed by atoms with Crippen molar-refractivity contribution in [1.29, 1.82) is 0 Å². The Morgan fingerprint density at radius 2 is 1.64 bits per heavy atom. The minimum Gasteiger partial charge on any atom is -0.316 e. The molecule has 14 heavy (non-hydrogen) atoms. The first-order valence-electron chi connectivity index (χ1n) is 6.10. The summed E-state index contributed by atoms with van der Waals surface area (Å²) in [4.78, 5) is 2.67. The molecule has 4 atom stereocenters. The zero-order valence-electron chi connectivity index (χ0n) is 9.79. The quantitative estimate of drug-likeness (QED) is 0.719. The van der Waals surface area contributed by atoms with Crippen molar-refractivity contribution in [1.82, 2.24) is 10.2 Å². The van der Waals surface area contributed by atoms with Crippen LogP contribution in [-0.4, -0.2) is 37.6 Å². The molecule has 2 unspecified atom stereocenters. The topological polar surface area (TPSA) is 15.3 Å². The SMILES string of the molecule is CC1CN(C[C@@H]2CNC[C@H]2C)CC1C. The molecule has 2 fully saturated rings. The third-order valence-corrected chi connectivity index (χ3v) is 4.23. The molecule has 0 saturated carbocycles. The number of hydrogen-bond acceptors (Lipinski definition) is 2. The second-order valence-corrected chi connectivity index (χ2v) is 5.57. The zero-order valence-corrected chi connectivity index (χ0v) is 9.79. The number of nitrogens with one attached hydrogen (secondary N) is 1. The normalized spacial score (nSPS) is 44.8. The summed E-state index contributed by atoms with van der Waals surface area (Å²) in [7, 11) is 0. The van der Waals surface area contributed by atoms with E-state index < -0.39 is 0 Å². The average Bonchev–Trinajstić information content (AvgIpc) is 2.63. The van der Waals surface area contributed by atoms with E-state index in [4.69, 9.17) is 0 Å². The fraction of sp³-hybridized carbons (Fsp3) is 1.00. The summed E-state index contributed by atoms with van der Waals surface area (Å²) < 4.78 is 0. The van der Waals surface area contributed by atoms with Gasteiger partial charge in [-0.15, -0.1) is 0 Å². The van der Waals surface area contributed by atoms with Crippen molar-refractivity contribution < 1.29 is 0 Å². The van der Waals surface area contributed by atoms with Crippen LogP contribution in [0.3, 0.4) is 0 Å². The van der Waals surface area contributed by atoms with Crippen LogP contribution in [0.2, 0.25) is 0 Å². The van der Waals surface area contributed by atoms with Crippen molar-refractivity contribution in [3.05, 3.63) is 0 Å². The molecule has 0 radical (unpaired) electrons. The van der Waals surface area contributed by atoms with E-state index in [0.717, 1.165) is 23.7 Å². The first kappa shape index (κ1) is 10.4. The van der Waals surface area contributed by atoms with Gasteiger partial charge in [-0.25, -0.2) is 0 Å². The molecule has 0 amide bonds. The van der Waals surface area contributed by atoms with Crippen molar-refractivity contribution >= 4 is 0 Å². The molecule has 2 heteroatoms. The highest BCUT2D eigenvalue weighted by Gasteiger charge is 2.30. The van der Waals surface area contributed by atoms with E-state index in [1.807, 2.05) is 0 Å². The smallest absolute Gasteiger partial charge is 0.00251 e. The second-order valence-electron chi connectivity index (χ2n) is 5.57. The molecule has 2 heterocycles. The lowest BCUT2D eigenvalue weighted by atomic mass is 9.98. The second kappa shape index (κ2) is 4.19. The summed E-state index contributed by atoms with van der Waals surface area (Å²) >= 11 is 0. The molecule has 0 aromatic carbocycles. The summed E-state index contributed by atoms with van der Waals surface area (Å²) in [6.45, 7) is 13.6. The Morgan fingerprint density at radius 1 is 1.00 bits per heavy atom. The maximum absolute atomic E-state index is 3.49. The maximum atomic E-state index is 3.49. The van der Waals surface area contributed by atoms with Crippen LogP contribution in [0.5, 0.6) is 0 Å². The molecular formula is C12H24N2. The van der Waals surface area contributed by atoms with Gasteiger partial charge in [0.1, 0.15) is 0 Å². The first-order chi connectivity index (χ1) is 6.66. The highest BCUT2D eigenvalue weighted by molar-refractivity contribution is 4.85. The van der Waals surface area contributed by atoms with Crippen molar-refractivity contribution in [2.45, 2.75) is 20.8 Å². The first-order valence-corrected chi connectivity index (χ1v) is 6.10. The van der Waals surface area contributed by atoms with Gasteiger partial charge in [0.25, 0.3) is 0 Å². The van der Waals surface area contributed by atoms with E-state index in [9.17, 15) is 0 Å². The van der Waals surface area contributed by atoms with Crippen LogP contribution in [0.25, 0.3) is 0 Å². The van der Waals surface area contributed by atoms with Crippen molar-refractivity contribution in [2.24, 2.45) is 23.7 Å². The van der Waals surface area contributed by atoms with E-state index in [0.29, 0.717) is 0 Å². The van der Waals surface area contributed by atoms with Crippen LogP contribution >= 0.6 is 0 Å². The number of likely N-dealkylation sites (tertiary alicyclic amines) is 1. The Bertz CT molecular complexity index is 183. The van der Waals surface area contributed by atoms with E-state index in [2.05, 4.69) is 31.0 Å². The predicted octanol–water partition coefficient (Wildman–Crippen LogP) is 1.43. The number of nitrogens with zero attached hydrogens (tertiary/aromatic N) is 1. The highest BCUT2D eigenvalue weighted by atomic mass is 15.2. The lowest BCUT2D eigenvalue weighted by molar-refractivity contribution is 0.251. The van der Waals surface area contributed by atoms with Crippen LogP contribution in [0.15, 0.2) is 0 Å². The lowest BCUT2D eigenvalue weighted by Gasteiger charge is -2.22. The van der Waals surface area contributed by atoms with Gasteiger partial charge >= 0.3 is 0 Å².